The Balaban J connectivity index is 1.79. The average molecular weight is 393 g/mol. The molecule has 6 heteroatoms. The molecule has 2 aliphatic heterocycles. The van der Waals surface area contributed by atoms with Gasteiger partial charge in [-0.2, -0.15) is 0 Å². The number of methoxy groups -OCH3 is 1. The smallest absolute Gasteiger partial charge is 0.375 e. The van der Waals surface area contributed by atoms with E-state index in [9.17, 15) is 4.79 Å². The number of esters is 1. The lowest BCUT2D eigenvalue weighted by Gasteiger charge is -2.41. The number of ether oxygens (including phenoxy) is 1. The number of anilines is 1. The maximum absolute atomic E-state index is 12.6. The highest BCUT2D eigenvalue weighted by atomic mass is 16.5. The number of carbonyl (C=O) groups excluding carboxylic acids is 1. The van der Waals surface area contributed by atoms with Gasteiger partial charge in [0.2, 0.25) is 5.84 Å². The summed E-state index contributed by atoms with van der Waals surface area (Å²) in [6.45, 7) is 5.76. The third kappa shape index (κ3) is 3.38. The SMILES string of the molecule is COC(=O)C1=NN(c2ccc(C)cc2)[C@]2(C)CC(c3ccccc3)N(C)CCN12. The second-order valence-electron chi connectivity index (χ2n) is 8.04. The fraction of sp³-hybridized carbons (Fsp3) is 0.391. The number of nitrogens with zero attached hydrogens (tertiary/aromatic N) is 4. The van der Waals surface area contributed by atoms with E-state index >= 15 is 0 Å². The van der Waals surface area contributed by atoms with E-state index in [-0.39, 0.29) is 6.04 Å². The van der Waals surface area contributed by atoms with Crippen LogP contribution >= 0.6 is 0 Å². The molecule has 0 amide bonds. The fourth-order valence-electron chi connectivity index (χ4n) is 4.39. The van der Waals surface area contributed by atoms with Gasteiger partial charge in [0.25, 0.3) is 0 Å². The van der Waals surface area contributed by atoms with Crippen LogP contribution in [0.5, 0.6) is 0 Å². The summed E-state index contributed by atoms with van der Waals surface area (Å²) in [6, 6.07) is 19.0. The standard InChI is InChI=1S/C23H28N4O2/c1-17-10-12-19(13-11-17)27-23(2)16-20(18-8-6-5-7-9-18)25(3)14-15-26(23)21(24-27)22(28)29-4/h5-13,20H,14-16H2,1-4H3/t20?,23-/m1/s1. The maximum Gasteiger partial charge on any atom is 0.375 e. The molecular formula is C23H28N4O2. The quantitative estimate of drug-likeness (QED) is 0.750. The van der Waals surface area contributed by atoms with Crippen LogP contribution in [0.3, 0.4) is 0 Å². The molecule has 2 atom stereocenters. The zero-order valence-electron chi connectivity index (χ0n) is 17.5. The van der Waals surface area contributed by atoms with Gasteiger partial charge in [-0.25, -0.2) is 9.80 Å². The topological polar surface area (TPSA) is 48.4 Å². The molecule has 1 saturated heterocycles. The van der Waals surface area contributed by atoms with E-state index in [0.717, 1.165) is 18.7 Å². The van der Waals surface area contributed by atoms with Gasteiger partial charge in [-0.15, -0.1) is 5.10 Å². The lowest BCUT2D eigenvalue weighted by molar-refractivity contribution is -0.133. The van der Waals surface area contributed by atoms with Gasteiger partial charge in [-0.1, -0.05) is 48.0 Å². The molecule has 0 radical (unpaired) electrons. The zero-order valence-corrected chi connectivity index (χ0v) is 17.5. The Labute approximate surface area is 172 Å². The number of amidine groups is 1. The van der Waals surface area contributed by atoms with Crippen molar-refractivity contribution in [3.8, 4) is 0 Å². The van der Waals surface area contributed by atoms with Crippen LogP contribution in [0.15, 0.2) is 59.7 Å². The van der Waals surface area contributed by atoms with Crippen LogP contribution in [0.25, 0.3) is 0 Å². The summed E-state index contributed by atoms with van der Waals surface area (Å²) < 4.78 is 5.06. The van der Waals surface area contributed by atoms with Crippen LogP contribution in [-0.2, 0) is 9.53 Å². The van der Waals surface area contributed by atoms with Gasteiger partial charge >= 0.3 is 5.97 Å². The third-order valence-corrected chi connectivity index (χ3v) is 6.11. The molecule has 0 aliphatic carbocycles. The lowest BCUT2D eigenvalue weighted by atomic mass is 9.94. The summed E-state index contributed by atoms with van der Waals surface area (Å²) in [5, 5.41) is 6.75. The van der Waals surface area contributed by atoms with Crippen molar-refractivity contribution in [3.05, 3.63) is 65.7 Å². The normalized spacial score (nSPS) is 24.7. The van der Waals surface area contributed by atoms with Gasteiger partial charge in [0, 0.05) is 25.6 Å². The fourth-order valence-corrected chi connectivity index (χ4v) is 4.39. The van der Waals surface area contributed by atoms with E-state index in [1.54, 1.807) is 0 Å². The summed E-state index contributed by atoms with van der Waals surface area (Å²) in [5.74, 6) is -0.0238. The molecule has 0 bridgehead atoms. The number of hydrogen-bond acceptors (Lipinski definition) is 6. The van der Waals surface area contributed by atoms with Crippen molar-refractivity contribution in [1.29, 1.82) is 0 Å². The highest BCUT2D eigenvalue weighted by Gasteiger charge is 2.51. The number of fused-ring (bicyclic) bond motifs is 1. The minimum absolute atomic E-state index is 0.214. The van der Waals surface area contributed by atoms with E-state index in [1.165, 1.54) is 18.2 Å². The van der Waals surface area contributed by atoms with Crippen molar-refractivity contribution in [2.45, 2.75) is 32.0 Å². The second kappa shape index (κ2) is 7.52. The lowest BCUT2D eigenvalue weighted by Crippen LogP contribution is -2.55. The molecule has 152 valence electrons. The number of rotatable bonds is 3. The Bertz CT molecular complexity index is 912. The molecule has 2 aromatic rings. The van der Waals surface area contributed by atoms with Gasteiger partial charge < -0.3 is 9.64 Å². The largest absolute Gasteiger partial charge is 0.463 e. The van der Waals surface area contributed by atoms with E-state index in [2.05, 4.69) is 79.2 Å². The molecule has 2 aliphatic rings. The predicted octanol–water partition coefficient (Wildman–Crippen LogP) is 3.40. The molecule has 0 aromatic heterocycles. The summed E-state index contributed by atoms with van der Waals surface area (Å²) >= 11 is 0. The molecule has 2 aromatic carbocycles. The number of carbonyl (C=O) groups is 1. The first-order valence-corrected chi connectivity index (χ1v) is 10.0. The molecule has 0 spiro atoms. The van der Waals surface area contributed by atoms with Crippen LogP contribution < -0.4 is 5.01 Å². The Morgan fingerprint density at radius 2 is 1.79 bits per heavy atom. The third-order valence-electron chi connectivity index (χ3n) is 6.11. The monoisotopic (exact) mass is 392 g/mol. The Kier molecular flexibility index (Phi) is 5.04. The summed E-state index contributed by atoms with van der Waals surface area (Å²) in [5.41, 5.74) is 2.95. The van der Waals surface area contributed by atoms with Crippen molar-refractivity contribution in [1.82, 2.24) is 9.80 Å². The number of aryl methyl sites for hydroxylation is 1. The second-order valence-corrected chi connectivity index (χ2v) is 8.04. The van der Waals surface area contributed by atoms with Crippen LogP contribution in [0.2, 0.25) is 0 Å². The zero-order chi connectivity index (χ0) is 20.6. The Morgan fingerprint density at radius 1 is 1.10 bits per heavy atom. The van der Waals surface area contributed by atoms with Crippen LogP contribution in [0.4, 0.5) is 5.69 Å². The van der Waals surface area contributed by atoms with E-state index in [4.69, 9.17) is 9.84 Å². The minimum atomic E-state index is -0.482. The molecule has 29 heavy (non-hydrogen) atoms. The molecule has 1 unspecified atom stereocenters. The number of likely N-dealkylation sites (N-methyl/N-ethyl adjacent to an activating group) is 1. The highest BCUT2D eigenvalue weighted by molar-refractivity contribution is 6.36. The van der Waals surface area contributed by atoms with Gasteiger partial charge in [-0.3, -0.25) is 4.90 Å². The number of hydrogen-bond donors (Lipinski definition) is 0. The number of benzene rings is 2. The molecule has 4 rings (SSSR count). The van der Waals surface area contributed by atoms with Crippen molar-refractivity contribution in [3.63, 3.8) is 0 Å². The number of hydrazone groups is 1. The van der Waals surface area contributed by atoms with Crippen molar-refractivity contribution < 1.29 is 9.53 Å². The Hall–Kier alpha value is -2.86. The van der Waals surface area contributed by atoms with Crippen molar-refractivity contribution >= 4 is 17.5 Å². The van der Waals surface area contributed by atoms with Crippen LogP contribution in [0.1, 0.15) is 30.5 Å². The molecule has 2 heterocycles. The first kappa shape index (κ1) is 19.5. The van der Waals surface area contributed by atoms with E-state index < -0.39 is 11.6 Å². The first-order valence-electron chi connectivity index (χ1n) is 10.0. The van der Waals surface area contributed by atoms with Gasteiger partial charge in [0.05, 0.1) is 12.8 Å². The summed E-state index contributed by atoms with van der Waals surface area (Å²) in [4.78, 5) is 17.0. The van der Waals surface area contributed by atoms with E-state index in [0.29, 0.717) is 12.4 Å². The molecule has 0 N–H and O–H groups in total. The minimum Gasteiger partial charge on any atom is -0.463 e. The Morgan fingerprint density at radius 3 is 2.45 bits per heavy atom. The predicted molar refractivity (Wildman–Crippen MR) is 115 cm³/mol. The molecular weight excluding hydrogens is 364 g/mol. The summed E-state index contributed by atoms with van der Waals surface area (Å²) in [6.07, 6.45) is 0.797. The first-order chi connectivity index (χ1) is 13.9. The van der Waals surface area contributed by atoms with E-state index in [1.807, 2.05) is 11.1 Å². The van der Waals surface area contributed by atoms with Gasteiger partial charge in [-0.05, 0) is 38.6 Å². The average Bonchev–Trinajstić information content (AvgIpc) is 2.95. The van der Waals surface area contributed by atoms with Gasteiger partial charge in [0.1, 0.15) is 5.66 Å². The molecule has 0 saturated carbocycles. The maximum atomic E-state index is 12.6. The molecule has 1 fully saturated rings. The van der Waals surface area contributed by atoms with Crippen molar-refractivity contribution in [2.75, 3.05) is 32.3 Å². The van der Waals surface area contributed by atoms with Crippen LogP contribution in [0, 0.1) is 6.92 Å². The van der Waals surface area contributed by atoms with Crippen LogP contribution in [-0.4, -0.2) is 54.5 Å². The highest BCUT2D eigenvalue weighted by Crippen LogP contribution is 2.42. The van der Waals surface area contributed by atoms with Crippen molar-refractivity contribution in [2.24, 2.45) is 5.10 Å². The summed E-state index contributed by atoms with van der Waals surface area (Å²) in [7, 11) is 3.56. The molecule has 6 nitrogen and oxygen atoms in total. The van der Waals surface area contributed by atoms with Gasteiger partial charge in [0.15, 0.2) is 0 Å².